The summed E-state index contributed by atoms with van der Waals surface area (Å²) in [5.74, 6) is 0. The van der Waals surface area contributed by atoms with Crippen molar-refractivity contribution >= 4 is 6.09 Å². The predicted octanol–water partition coefficient (Wildman–Crippen LogP) is 2.45. The zero-order valence-electron chi connectivity index (χ0n) is 12.2. The molecule has 0 saturated carbocycles. The maximum atomic E-state index is 12.1. The molecule has 2 aliphatic rings. The summed E-state index contributed by atoms with van der Waals surface area (Å²) in [6, 6.07) is 3.97. The molecular weight excluding hydrogens is 256 g/mol. The summed E-state index contributed by atoms with van der Waals surface area (Å²) in [4.78, 5) is 18.2. The molecule has 3 rings (SSSR count). The molecule has 1 fully saturated rings. The quantitative estimate of drug-likeness (QED) is 0.730. The van der Waals surface area contributed by atoms with Crippen LogP contribution in [0, 0.1) is 0 Å². The van der Waals surface area contributed by atoms with Gasteiger partial charge in [0.1, 0.15) is 11.2 Å². The molecule has 5 heteroatoms. The minimum atomic E-state index is -0.469. The van der Waals surface area contributed by atoms with Crippen molar-refractivity contribution in [2.45, 2.75) is 45.0 Å². The van der Waals surface area contributed by atoms with E-state index >= 15 is 0 Å². The van der Waals surface area contributed by atoms with Crippen LogP contribution < -0.4 is 0 Å². The molecule has 5 nitrogen and oxygen atoms in total. The van der Waals surface area contributed by atoms with Gasteiger partial charge in [-0.15, -0.1) is 0 Å². The van der Waals surface area contributed by atoms with Crippen molar-refractivity contribution in [1.82, 2.24) is 9.88 Å². The minimum Gasteiger partial charge on any atom is -0.444 e. The van der Waals surface area contributed by atoms with Gasteiger partial charge >= 0.3 is 6.09 Å². The third kappa shape index (κ3) is 2.26. The number of hydrogen-bond donors (Lipinski definition) is 0. The lowest BCUT2D eigenvalue weighted by Gasteiger charge is -2.27. The second kappa shape index (κ2) is 4.45. The average Bonchev–Trinajstić information content (AvgIpc) is 2.95. The van der Waals surface area contributed by atoms with Crippen LogP contribution in [0.4, 0.5) is 4.79 Å². The molecule has 1 aromatic rings. The Morgan fingerprint density at radius 3 is 3.05 bits per heavy atom. The van der Waals surface area contributed by atoms with Crippen molar-refractivity contribution < 1.29 is 14.3 Å². The number of carbonyl (C=O) groups is 1. The smallest absolute Gasteiger partial charge is 0.410 e. The van der Waals surface area contributed by atoms with Gasteiger partial charge in [0.15, 0.2) is 0 Å². The monoisotopic (exact) mass is 276 g/mol. The number of likely N-dealkylation sites (tertiary alicyclic amines) is 1. The van der Waals surface area contributed by atoms with E-state index in [1.165, 1.54) is 0 Å². The van der Waals surface area contributed by atoms with Gasteiger partial charge in [0.05, 0.1) is 18.8 Å². The molecule has 108 valence electrons. The number of carbonyl (C=O) groups excluding carboxylic acids is 1. The number of nitrogens with zero attached hydrogens (tertiary/aromatic N) is 2. The summed E-state index contributed by atoms with van der Waals surface area (Å²) in [6.07, 6.45) is 2.31. The van der Waals surface area contributed by atoms with Crippen LogP contribution in [0.2, 0.25) is 0 Å². The lowest BCUT2D eigenvalue weighted by atomic mass is 9.94. The van der Waals surface area contributed by atoms with Gasteiger partial charge in [-0.25, -0.2) is 4.79 Å². The van der Waals surface area contributed by atoms with E-state index in [1.54, 1.807) is 11.1 Å². The fraction of sp³-hybridized carbons (Fsp3) is 0.600. The van der Waals surface area contributed by atoms with Crippen LogP contribution in [0.1, 0.15) is 38.4 Å². The van der Waals surface area contributed by atoms with Crippen LogP contribution in [0.15, 0.2) is 18.3 Å². The highest BCUT2D eigenvalue weighted by molar-refractivity contribution is 5.69. The van der Waals surface area contributed by atoms with Gasteiger partial charge in [0.2, 0.25) is 0 Å². The van der Waals surface area contributed by atoms with Crippen LogP contribution in [-0.4, -0.2) is 34.7 Å². The van der Waals surface area contributed by atoms with Gasteiger partial charge in [0.25, 0.3) is 0 Å². The molecule has 2 aliphatic heterocycles. The summed E-state index contributed by atoms with van der Waals surface area (Å²) in [5, 5.41) is 0. The van der Waals surface area contributed by atoms with Crippen molar-refractivity contribution in [1.29, 1.82) is 0 Å². The average molecular weight is 276 g/mol. The molecule has 1 saturated heterocycles. The van der Waals surface area contributed by atoms with E-state index in [-0.39, 0.29) is 11.7 Å². The summed E-state index contributed by atoms with van der Waals surface area (Å²) >= 11 is 0. The van der Waals surface area contributed by atoms with Crippen molar-refractivity contribution in [2.24, 2.45) is 0 Å². The first kappa shape index (κ1) is 13.4. The second-order valence-electron chi connectivity index (χ2n) is 6.43. The lowest BCUT2D eigenvalue weighted by molar-refractivity contribution is -0.0331. The standard InChI is InChI=1S/C15H20N2O3/c1-14(2,3)20-13(18)17-8-6-15(10-17)11-5-4-7-16-12(11)9-19-15/h4-5,7H,6,8-10H2,1-3H3. The van der Waals surface area contributed by atoms with E-state index in [0.29, 0.717) is 19.7 Å². The molecule has 20 heavy (non-hydrogen) atoms. The van der Waals surface area contributed by atoms with Gasteiger partial charge in [-0.1, -0.05) is 6.07 Å². The lowest BCUT2D eigenvalue weighted by Crippen LogP contribution is -2.38. The van der Waals surface area contributed by atoms with E-state index < -0.39 is 5.60 Å². The molecule has 1 amide bonds. The van der Waals surface area contributed by atoms with Gasteiger partial charge in [-0.3, -0.25) is 4.98 Å². The first-order valence-corrected chi connectivity index (χ1v) is 6.96. The highest BCUT2D eigenvalue weighted by Crippen LogP contribution is 2.42. The number of rotatable bonds is 0. The Morgan fingerprint density at radius 1 is 1.50 bits per heavy atom. The molecule has 1 spiro atoms. The Balaban J connectivity index is 1.76. The third-order valence-electron chi connectivity index (χ3n) is 3.75. The van der Waals surface area contributed by atoms with E-state index in [4.69, 9.17) is 9.47 Å². The molecule has 1 atom stereocenters. The molecule has 1 aromatic heterocycles. The molecule has 3 heterocycles. The van der Waals surface area contributed by atoms with Crippen molar-refractivity contribution in [3.05, 3.63) is 29.6 Å². The molecule has 0 N–H and O–H groups in total. The fourth-order valence-electron chi connectivity index (χ4n) is 2.85. The molecule has 0 aliphatic carbocycles. The van der Waals surface area contributed by atoms with Crippen molar-refractivity contribution in [2.75, 3.05) is 13.1 Å². The summed E-state index contributed by atoms with van der Waals surface area (Å²) in [5.41, 5.74) is 1.24. The number of aromatic nitrogens is 1. The van der Waals surface area contributed by atoms with E-state index in [9.17, 15) is 4.79 Å². The highest BCUT2D eigenvalue weighted by Gasteiger charge is 2.48. The van der Waals surface area contributed by atoms with Crippen LogP contribution in [0.25, 0.3) is 0 Å². The third-order valence-corrected chi connectivity index (χ3v) is 3.75. The fourth-order valence-corrected chi connectivity index (χ4v) is 2.85. The van der Waals surface area contributed by atoms with E-state index in [1.807, 2.05) is 32.9 Å². The van der Waals surface area contributed by atoms with E-state index in [0.717, 1.165) is 17.7 Å². The topological polar surface area (TPSA) is 51.7 Å². The van der Waals surface area contributed by atoms with Crippen LogP contribution in [0.5, 0.6) is 0 Å². The van der Waals surface area contributed by atoms with Gasteiger partial charge in [0, 0.05) is 24.7 Å². The number of amides is 1. The predicted molar refractivity (Wildman–Crippen MR) is 73.1 cm³/mol. The van der Waals surface area contributed by atoms with Gasteiger partial charge < -0.3 is 14.4 Å². The minimum absolute atomic E-state index is 0.268. The molecule has 1 unspecified atom stereocenters. The first-order valence-electron chi connectivity index (χ1n) is 6.96. The largest absolute Gasteiger partial charge is 0.444 e. The maximum absolute atomic E-state index is 12.1. The van der Waals surface area contributed by atoms with Gasteiger partial charge in [-0.2, -0.15) is 0 Å². The molecule has 0 aromatic carbocycles. The van der Waals surface area contributed by atoms with Gasteiger partial charge in [-0.05, 0) is 26.8 Å². The second-order valence-corrected chi connectivity index (χ2v) is 6.43. The van der Waals surface area contributed by atoms with Crippen LogP contribution in [-0.2, 0) is 21.7 Å². The summed E-state index contributed by atoms with van der Waals surface area (Å²) in [6.45, 7) is 7.36. The zero-order chi connectivity index (χ0) is 14.4. The molecule has 0 bridgehead atoms. The summed E-state index contributed by atoms with van der Waals surface area (Å²) in [7, 11) is 0. The van der Waals surface area contributed by atoms with Crippen molar-refractivity contribution in [3.63, 3.8) is 0 Å². The first-order chi connectivity index (χ1) is 9.40. The SMILES string of the molecule is CC(C)(C)OC(=O)N1CCC2(C1)OCc1ncccc12. The Kier molecular flexibility index (Phi) is 2.97. The molecule has 0 radical (unpaired) electrons. The Morgan fingerprint density at radius 2 is 2.30 bits per heavy atom. The normalized spacial score (nSPS) is 25.1. The highest BCUT2D eigenvalue weighted by atomic mass is 16.6. The Hall–Kier alpha value is -1.62. The number of fused-ring (bicyclic) bond motifs is 2. The number of ether oxygens (including phenoxy) is 2. The Labute approximate surface area is 118 Å². The number of hydrogen-bond acceptors (Lipinski definition) is 4. The summed E-state index contributed by atoms with van der Waals surface area (Å²) < 4.78 is 11.4. The maximum Gasteiger partial charge on any atom is 0.410 e. The Bertz CT molecular complexity index is 538. The molecular formula is C15H20N2O3. The van der Waals surface area contributed by atoms with Crippen LogP contribution >= 0.6 is 0 Å². The van der Waals surface area contributed by atoms with Crippen LogP contribution in [0.3, 0.4) is 0 Å². The van der Waals surface area contributed by atoms with E-state index in [2.05, 4.69) is 4.98 Å². The zero-order valence-corrected chi connectivity index (χ0v) is 12.2. The van der Waals surface area contributed by atoms with Crippen molar-refractivity contribution in [3.8, 4) is 0 Å². The number of pyridine rings is 1.